The third-order valence-corrected chi connectivity index (χ3v) is 4.35. The van der Waals surface area contributed by atoms with E-state index < -0.39 is 6.85 Å². The van der Waals surface area contributed by atoms with Crippen LogP contribution >= 0.6 is 0 Å². The van der Waals surface area contributed by atoms with E-state index in [1.807, 2.05) is 78.9 Å². The monoisotopic (exact) mass is 596 g/mol. The van der Waals surface area contributed by atoms with Crippen molar-refractivity contribution in [1.82, 2.24) is 19.9 Å². The molecule has 159 valence electrons. The quantitative estimate of drug-likeness (QED) is 0.245. The number of rotatable bonds is 3. The van der Waals surface area contributed by atoms with Crippen LogP contribution in [-0.4, -0.2) is 19.9 Å². The van der Waals surface area contributed by atoms with Crippen molar-refractivity contribution in [2.75, 3.05) is 0 Å². The Morgan fingerprint density at radius 2 is 1.38 bits per heavy atom. The summed E-state index contributed by atoms with van der Waals surface area (Å²) in [6.45, 7) is -2.32. The van der Waals surface area contributed by atoms with Gasteiger partial charge in [0.25, 0.3) is 0 Å². The summed E-state index contributed by atoms with van der Waals surface area (Å²) >= 11 is 0. The Morgan fingerprint density at radius 1 is 0.656 bits per heavy atom. The minimum atomic E-state index is -2.32. The first kappa shape index (κ1) is 19.2. The van der Waals surface area contributed by atoms with Gasteiger partial charge in [0.15, 0.2) is 0 Å². The Hall–Kier alpha value is -3.53. The number of aryl methyl sites for hydroxylation is 1. The van der Waals surface area contributed by atoms with Gasteiger partial charge in [-0.3, -0.25) is 0 Å². The van der Waals surface area contributed by atoms with Gasteiger partial charge in [-0.05, 0) is 30.4 Å². The van der Waals surface area contributed by atoms with Crippen molar-refractivity contribution in [1.29, 1.82) is 0 Å². The molecule has 5 aromatic rings. The van der Waals surface area contributed by atoms with E-state index in [1.165, 1.54) is 6.20 Å². The summed E-state index contributed by atoms with van der Waals surface area (Å²) < 4.78 is 22.1. The van der Waals surface area contributed by atoms with Gasteiger partial charge in [-0.15, -0.1) is 71.8 Å². The van der Waals surface area contributed by atoms with Crippen molar-refractivity contribution in [2.24, 2.45) is 0 Å². The van der Waals surface area contributed by atoms with E-state index in [9.17, 15) is 0 Å². The van der Waals surface area contributed by atoms with Crippen LogP contribution in [0.5, 0.6) is 0 Å². The molecule has 0 aliphatic rings. The van der Waals surface area contributed by atoms with E-state index in [1.54, 1.807) is 18.5 Å². The standard InChI is InChI=1S/C16H12N3.C11H8N.Ir/c1-12-17-10-9-16(19-12)14-7-8-15(18-11-14)13-5-3-2-4-6-13;1-2-6-10(7-3-1)11-8-4-5-9-12-11;/h2-5,7-11H,1H3;1-6,8-9H;/q2*-1;/i1D3;;. The fourth-order valence-corrected chi connectivity index (χ4v) is 2.85. The van der Waals surface area contributed by atoms with E-state index in [-0.39, 0.29) is 25.9 Å². The Kier molecular flexibility index (Phi) is 7.04. The summed E-state index contributed by atoms with van der Waals surface area (Å²) in [5.41, 5.74) is 5.00. The van der Waals surface area contributed by atoms with Gasteiger partial charge in [-0.2, -0.15) is 0 Å². The summed E-state index contributed by atoms with van der Waals surface area (Å²) in [5, 5.41) is 0. The molecule has 0 N–H and O–H groups in total. The summed E-state index contributed by atoms with van der Waals surface area (Å²) in [6.07, 6.45) is 4.90. The summed E-state index contributed by atoms with van der Waals surface area (Å²) in [5.74, 6) is -0.162. The fourth-order valence-electron chi connectivity index (χ4n) is 2.85. The molecule has 0 aliphatic carbocycles. The van der Waals surface area contributed by atoms with Gasteiger partial charge in [0, 0.05) is 48.4 Å². The number of benzene rings is 2. The molecule has 2 aromatic carbocycles. The molecule has 1 radical (unpaired) electrons. The molecule has 0 bridgehead atoms. The number of hydrogen-bond donors (Lipinski definition) is 0. The zero-order chi connectivity index (χ0) is 23.8. The molecule has 3 aromatic heterocycles. The second-order valence-corrected chi connectivity index (χ2v) is 6.47. The van der Waals surface area contributed by atoms with E-state index in [0.717, 1.165) is 28.1 Å². The minimum Gasteiger partial charge on any atom is -0.305 e. The smallest absolute Gasteiger partial charge is 0.125 e. The largest absolute Gasteiger partial charge is 0.305 e. The van der Waals surface area contributed by atoms with Crippen molar-refractivity contribution in [2.45, 2.75) is 6.85 Å². The SMILES string of the molecule is [2H]C([2H])([2H])c1nccc(-c2ccc(-c3[c-]cccc3)nc2)n1.[Ir].[c-]1ccccc1-c1ccccn1. The summed E-state index contributed by atoms with van der Waals surface area (Å²) in [6, 6.07) is 32.9. The van der Waals surface area contributed by atoms with E-state index in [2.05, 4.69) is 32.1 Å². The summed E-state index contributed by atoms with van der Waals surface area (Å²) in [4.78, 5) is 16.5. The van der Waals surface area contributed by atoms with Crippen LogP contribution in [0.4, 0.5) is 0 Å². The molecule has 0 saturated heterocycles. The topological polar surface area (TPSA) is 51.6 Å². The maximum Gasteiger partial charge on any atom is 0.125 e. The van der Waals surface area contributed by atoms with Crippen molar-refractivity contribution in [3.05, 3.63) is 121 Å². The number of hydrogen-bond acceptors (Lipinski definition) is 4. The first-order chi connectivity index (χ1) is 16.5. The van der Waals surface area contributed by atoms with Gasteiger partial charge < -0.3 is 9.97 Å². The average molecular weight is 596 g/mol. The minimum absolute atomic E-state index is 0. The molecule has 0 amide bonds. The first-order valence-corrected chi connectivity index (χ1v) is 9.66. The van der Waals surface area contributed by atoms with Gasteiger partial charge in [0.1, 0.15) is 5.82 Å². The molecule has 3 heterocycles. The van der Waals surface area contributed by atoms with Crippen LogP contribution in [-0.2, 0) is 20.1 Å². The maximum absolute atomic E-state index is 7.37. The third kappa shape index (κ3) is 6.24. The van der Waals surface area contributed by atoms with Crippen LogP contribution in [0.25, 0.3) is 33.8 Å². The van der Waals surface area contributed by atoms with Crippen LogP contribution in [0.1, 0.15) is 9.94 Å². The maximum atomic E-state index is 7.37. The Labute approximate surface area is 206 Å². The van der Waals surface area contributed by atoms with Crippen LogP contribution in [0, 0.1) is 19.0 Å². The predicted molar refractivity (Wildman–Crippen MR) is 123 cm³/mol. The van der Waals surface area contributed by atoms with Crippen LogP contribution in [0.2, 0.25) is 0 Å². The van der Waals surface area contributed by atoms with E-state index in [4.69, 9.17) is 4.11 Å². The molecule has 0 aliphatic heterocycles. The number of pyridine rings is 2. The zero-order valence-electron chi connectivity index (χ0n) is 19.9. The first-order valence-electron chi connectivity index (χ1n) is 11.2. The zero-order valence-corrected chi connectivity index (χ0v) is 19.3. The molecule has 0 saturated carbocycles. The summed E-state index contributed by atoms with van der Waals surface area (Å²) in [7, 11) is 0. The Morgan fingerprint density at radius 3 is 1.94 bits per heavy atom. The average Bonchev–Trinajstić information content (AvgIpc) is 2.90. The van der Waals surface area contributed by atoms with Crippen LogP contribution in [0.15, 0.2) is 104 Å². The Balaban J connectivity index is 0.000000223. The van der Waals surface area contributed by atoms with Gasteiger partial charge in [0.05, 0.1) is 5.69 Å². The van der Waals surface area contributed by atoms with Gasteiger partial charge >= 0.3 is 0 Å². The second kappa shape index (κ2) is 11.8. The molecule has 0 fully saturated rings. The molecule has 0 atom stereocenters. The number of aromatic nitrogens is 4. The molecule has 0 spiro atoms. The van der Waals surface area contributed by atoms with E-state index >= 15 is 0 Å². The Bertz CT molecular complexity index is 1280. The van der Waals surface area contributed by atoms with Crippen molar-refractivity contribution < 1.29 is 24.2 Å². The molecular weight excluding hydrogens is 573 g/mol. The van der Waals surface area contributed by atoms with Crippen molar-refractivity contribution >= 4 is 0 Å². The molecule has 5 rings (SSSR count). The molecule has 0 unspecified atom stereocenters. The normalized spacial score (nSPS) is 11.6. The van der Waals surface area contributed by atoms with Crippen molar-refractivity contribution in [3.63, 3.8) is 0 Å². The van der Waals surface area contributed by atoms with Gasteiger partial charge in [-0.25, -0.2) is 9.97 Å². The molecule has 5 heteroatoms. The van der Waals surface area contributed by atoms with Crippen LogP contribution in [0.3, 0.4) is 0 Å². The van der Waals surface area contributed by atoms with Gasteiger partial charge in [0.2, 0.25) is 0 Å². The predicted octanol–water partition coefficient (Wildman–Crippen LogP) is 5.86. The molecule has 4 nitrogen and oxygen atoms in total. The van der Waals surface area contributed by atoms with Crippen LogP contribution < -0.4 is 0 Å². The number of nitrogens with zero attached hydrogens (tertiary/aromatic N) is 4. The fraction of sp³-hybridized carbons (Fsp3) is 0.0370. The molecular formula is C27H20IrN4-2. The third-order valence-electron chi connectivity index (χ3n) is 4.35. The second-order valence-electron chi connectivity index (χ2n) is 6.47. The van der Waals surface area contributed by atoms with Crippen molar-refractivity contribution in [3.8, 4) is 33.8 Å². The van der Waals surface area contributed by atoms with E-state index in [0.29, 0.717) is 5.69 Å². The molecule has 32 heavy (non-hydrogen) atoms. The van der Waals surface area contributed by atoms with Gasteiger partial charge in [-0.1, -0.05) is 24.3 Å².